The predicted molar refractivity (Wildman–Crippen MR) is 40.2 cm³/mol. The highest BCUT2D eigenvalue weighted by Crippen LogP contribution is 2.12. The van der Waals surface area contributed by atoms with Gasteiger partial charge in [-0.2, -0.15) is 0 Å². The van der Waals surface area contributed by atoms with E-state index in [4.69, 9.17) is 5.73 Å². The molecule has 0 aromatic heterocycles. The van der Waals surface area contributed by atoms with Crippen molar-refractivity contribution in [1.82, 2.24) is 0 Å². The molecule has 0 amide bonds. The zero-order valence-electron chi connectivity index (χ0n) is 5.91. The van der Waals surface area contributed by atoms with Crippen molar-refractivity contribution in [3.63, 3.8) is 0 Å². The third-order valence-electron chi connectivity index (χ3n) is 1.36. The number of aliphatic hydroxyl groups is 1. The Morgan fingerprint density at radius 3 is 2.10 bits per heavy atom. The van der Waals surface area contributed by atoms with E-state index in [1.165, 1.54) is 0 Å². The van der Waals surface area contributed by atoms with Crippen LogP contribution < -0.4 is 5.73 Å². The maximum Gasteiger partial charge on any atom is 0.136 e. The van der Waals surface area contributed by atoms with Crippen molar-refractivity contribution < 1.29 is 5.11 Å². The molecule has 0 unspecified atom stereocenters. The first-order chi connectivity index (χ1) is 4.61. The highest BCUT2D eigenvalue weighted by atomic mass is 16.3. The molecule has 0 radical (unpaired) electrons. The van der Waals surface area contributed by atoms with Crippen molar-refractivity contribution in [2.45, 2.75) is 12.6 Å². The summed E-state index contributed by atoms with van der Waals surface area (Å²) in [6, 6.07) is 9.16. The fourth-order valence-corrected chi connectivity index (χ4v) is 0.776. The quantitative estimate of drug-likeness (QED) is 0.563. The van der Waals surface area contributed by atoms with Gasteiger partial charge in [-0.15, -0.1) is 0 Å². The van der Waals surface area contributed by atoms with Crippen molar-refractivity contribution in [3.05, 3.63) is 35.9 Å². The summed E-state index contributed by atoms with van der Waals surface area (Å²) >= 11 is 0. The van der Waals surface area contributed by atoms with Gasteiger partial charge in [0.05, 0.1) is 0 Å². The number of benzene rings is 1. The number of hydrogen-bond donors (Lipinski definition) is 2. The molecule has 2 nitrogen and oxygen atoms in total. The molecule has 1 rings (SSSR count). The number of rotatable bonds is 1. The second-order valence-electron chi connectivity index (χ2n) is 2.51. The minimum atomic E-state index is -1.21. The summed E-state index contributed by atoms with van der Waals surface area (Å²) in [5.74, 6) is 0. The van der Waals surface area contributed by atoms with Crippen LogP contribution in [0.1, 0.15) is 12.5 Å². The molecular weight excluding hydrogens is 126 g/mol. The second kappa shape index (κ2) is 2.40. The molecule has 54 valence electrons. The molecule has 1 aromatic carbocycles. The van der Waals surface area contributed by atoms with Gasteiger partial charge >= 0.3 is 0 Å². The van der Waals surface area contributed by atoms with Gasteiger partial charge < -0.3 is 10.8 Å². The molecule has 0 aliphatic heterocycles. The van der Waals surface area contributed by atoms with E-state index in [0.29, 0.717) is 0 Å². The van der Waals surface area contributed by atoms with E-state index in [1.807, 2.05) is 18.2 Å². The van der Waals surface area contributed by atoms with Crippen LogP contribution in [0, 0.1) is 0 Å². The Labute approximate surface area is 60.3 Å². The summed E-state index contributed by atoms with van der Waals surface area (Å²) in [7, 11) is 0. The molecule has 2 heteroatoms. The Kier molecular flexibility index (Phi) is 1.74. The van der Waals surface area contributed by atoms with E-state index in [0.717, 1.165) is 5.56 Å². The van der Waals surface area contributed by atoms with Gasteiger partial charge in [0.2, 0.25) is 0 Å². The molecule has 0 fully saturated rings. The lowest BCUT2D eigenvalue weighted by Crippen LogP contribution is -2.31. The Morgan fingerprint density at radius 2 is 1.80 bits per heavy atom. The highest BCUT2D eigenvalue weighted by molar-refractivity contribution is 5.19. The van der Waals surface area contributed by atoms with Crippen LogP contribution in [0.25, 0.3) is 0 Å². The van der Waals surface area contributed by atoms with Gasteiger partial charge in [0.25, 0.3) is 0 Å². The van der Waals surface area contributed by atoms with Crippen molar-refractivity contribution in [2.24, 2.45) is 5.73 Å². The molecule has 0 saturated carbocycles. The first kappa shape index (κ1) is 7.25. The lowest BCUT2D eigenvalue weighted by atomic mass is 10.1. The molecule has 1 atom stereocenters. The van der Waals surface area contributed by atoms with Gasteiger partial charge in [-0.05, 0) is 12.5 Å². The van der Waals surface area contributed by atoms with Gasteiger partial charge in [0.1, 0.15) is 5.72 Å². The van der Waals surface area contributed by atoms with Crippen LogP contribution in [0.4, 0.5) is 0 Å². The molecule has 0 aliphatic carbocycles. The smallest absolute Gasteiger partial charge is 0.136 e. The molecule has 10 heavy (non-hydrogen) atoms. The maximum atomic E-state index is 9.27. The monoisotopic (exact) mass is 137 g/mol. The van der Waals surface area contributed by atoms with E-state index in [9.17, 15) is 5.11 Å². The van der Waals surface area contributed by atoms with Gasteiger partial charge in [-0.25, -0.2) is 0 Å². The van der Waals surface area contributed by atoms with Crippen LogP contribution in [0.2, 0.25) is 0 Å². The summed E-state index contributed by atoms with van der Waals surface area (Å²) in [6.45, 7) is 1.56. The minimum absolute atomic E-state index is 0.731. The largest absolute Gasteiger partial charge is 0.372 e. The van der Waals surface area contributed by atoms with Crippen LogP contribution in [-0.2, 0) is 5.72 Å². The van der Waals surface area contributed by atoms with Crippen molar-refractivity contribution in [2.75, 3.05) is 0 Å². The van der Waals surface area contributed by atoms with Gasteiger partial charge in [-0.3, -0.25) is 0 Å². The van der Waals surface area contributed by atoms with E-state index < -0.39 is 5.72 Å². The average molecular weight is 137 g/mol. The summed E-state index contributed by atoms with van der Waals surface area (Å²) in [5.41, 5.74) is 4.94. The van der Waals surface area contributed by atoms with Crippen molar-refractivity contribution in [1.29, 1.82) is 0 Å². The molecule has 0 bridgehead atoms. The third-order valence-corrected chi connectivity index (χ3v) is 1.36. The average Bonchev–Trinajstić information content (AvgIpc) is 1.88. The van der Waals surface area contributed by atoms with Crippen LogP contribution in [0.15, 0.2) is 30.3 Å². The zero-order chi connectivity index (χ0) is 7.61. The Balaban J connectivity index is 2.97. The van der Waals surface area contributed by atoms with Crippen LogP contribution >= 0.6 is 0 Å². The number of hydrogen-bond acceptors (Lipinski definition) is 2. The topological polar surface area (TPSA) is 46.2 Å². The van der Waals surface area contributed by atoms with Crippen LogP contribution in [0.3, 0.4) is 0 Å². The minimum Gasteiger partial charge on any atom is -0.372 e. The Hall–Kier alpha value is -0.860. The molecule has 0 aliphatic rings. The SMILES string of the molecule is C[C@](N)(O)c1ccccc1. The highest BCUT2D eigenvalue weighted by Gasteiger charge is 2.14. The standard InChI is InChI=1S/C8H11NO/c1-8(9,10)7-5-3-2-4-6-7/h2-6,10H,9H2,1H3/t8-/m0/s1. The molecule has 0 spiro atoms. The van der Waals surface area contributed by atoms with Crippen LogP contribution in [0.5, 0.6) is 0 Å². The zero-order valence-corrected chi connectivity index (χ0v) is 5.91. The Bertz CT molecular complexity index is 200. The van der Waals surface area contributed by atoms with E-state index in [-0.39, 0.29) is 0 Å². The number of nitrogens with two attached hydrogens (primary N) is 1. The van der Waals surface area contributed by atoms with Crippen molar-refractivity contribution in [3.8, 4) is 0 Å². The molecule has 0 heterocycles. The first-order valence-electron chi connectivity index (χ1n) is 3.17. The lowest BCUT2D eigenvalue weighted by Gasteiger charge is -2.16. The van der Waals surface area contributed by atoms with Gasteiger partial charge in [0.15, 0.2) is 0 Å². The summed E-state index contributed by atoms with van der Waals surface area (Å²) in [5, 5.41) is 9.27. The fraction of sp³-hybridized carbons (Fsp3) is 0.250. The lowest BCUT2D eigenvalue weighted by molar-refractivity contribution is 0.0647. The predicted octanol–water partition coefficient (Wildman–Crippen LogP) is 0.810. The maximum absolute atomic E-state index is 9.27. The van der Waals surface area contributed by atoms with Crippen LogP contribution in [-0.4, -0.2) is 5.11 Å². The first-order valence-corrected chi connectivity index (χ1v) is 3.17. The summed E-state index contributed by atoms with van der Waals surface area (Å²) < 4.78 is 0. The molecule has 1 aromatic rings. The van der Waals surface area contributed by atoms with E-state index in [2.05, 4.69) is 0 Å². The van der Waals surface area contributed by atoms with Gasteiger partial charge in [-0.1, -0.05) is 30.3 Å². The summed E-state index contributed by atoms with van der Waals surface area (Å²) in [4.78, 5) is 0. The van der Waals surface area contributed by atoms with E-state index in [1.54, 1.807) is 19.1 Å². The normalized spacial score (nSPS) is 16.3. The fourth-order valence-electron chi connectivity index (χ4n) is 0.776. The molecule has 3 N–H and O–H groups in total. The molecule has 0 saturated heterocycles. The summed E-state index contributed by atoms with van der Waals surface area (Å²) in [6.07, 6.45) is 0. The molecular formula is C8H11NO. The second-order valence-corrected chi connectivity index (χ2v) is 2.51. The Morgan fingerprint density at radius 1 is 1.30 bits per heavy atom. The van der Waals surface area contributed by atoms with E-state index >= 15 is 0 Å². The third kappa shape index (κ3) is 1.56. The van der Waals surface area contributed by atoms with Crippen molar-refractivity contribution >= 4 is 0 Å². The van der Waals surface area contributed by atoms with Gasteiger partial charge in [0, 0.05) is 0 Å².